The predicted octanol–water partition coefficient (Wildman–Crippen LogP) is 0.285. The van der Waals surface area contributed by atoms with Crippen LogP contribution in [-0.2, 0) is 22.5 Å². The molecule has 1 aliphatic rings. The highest BCUT2D eigenvalue weighted by molar-refractivity contribution is 5.78. The topological polar surface area (TPSA) is 77.2 Å². The Balaban J connectivity index is 1.80. The lowest BCUT2D eigenvalue weighted by Gasteiger charge is -2.06. The number of carbonyl (C=O) groups is 1. The normalized spacial score (nSPS) is 19.9. The summed E-state index contributed by atoms with van der Waals surface area (Å²) >= 11 is 0. The van der Waals surface area contributed by atoms with Crippen LogP contribution >= 0.6 is 0 Å². The maximum atomic E-state index is 11.6. The van der Waals surface area contributed by atoms with Crippen LogP contribution < -0.4 is 5.32 Å². The second kappa shape index (κ2) is 5.07. The molecule has 1 aliphatic heterocycles. The highest BCUT2D eigenvalue weighted by Crippen LogP contribution is 2.12. The smallest absolute Gasteiger partial charge is 0.235 e. The summed E-state index contributed by atoms with van der Waals surface area (Å²) in [6.45, 7) is 3.41. The van der Waals surface area contributed by atoms with Gasteiger partial charge < -0.3 is 14.5 Å². The van der Waals surface area contributed by atoms with Crippen molar-refractivity contribution < 1.29 is 13.9 Å². The standard InChI is InChI=1S/C10H15N3O3/c1-2-8-12-13-9(16-8)5-11-10(14)7-3-4-15-6-7/h7H,2-6H2,1H3,(H,11,14)/t7-/m0/s1. The van der Waals surface area contributed by atoms with E-state index in [0.717, 1.165) is 6.42 Å². The number of rotatable bonds is 4. The summed E-state index contributed by atoms with van der Waals surface area (Å²) in [5.41, 5.74) is 0. The molecule has 1 aromatic heterocycles. The Morgan fingerprint density at radius 2 is 2.31 bits per heavy atom. The van der Waals surface area contributed by atoms with Gasteiger partial charge in [-0.15, -0.1) is 10.2 Å². The Kier molecular flexibility index (Phi) is 3.51. The van der Waals surface area contributed by atoms with Crippen molar-refractivity contribution in [2.75, 3.05) is 13.2 Å². The van der Waals surface area contributed by atoms with E-state index in [1.807, 2.05) is 6.92 Å². The van der Waals surface area contributed by atoms with Gasteiger partial charge in [-0.25, -0.2) is 0 Å². The number of aromatic nitrogens is 2. The summed E-state index contributed by atoms with van der Waals surface area (Å²) in [4.78, 5) is 11.6. The van der Waals surface area contributed by atoms with Crippen molar-refractivity contribution >= 4 is 5.91 Å². The number of amides is 1. The summed E-state index contributed by atoms with van der Waals surface area (Å²) in [7, 11) is 0. The van der Waals surface area contributed by atoms with Crippen LogP contribution in [0.25, 0.3) is 0 Å². The van der Waals surface area contributed by atoms with Gasteiger partial charge in [0.2, 0.25) is 17.7 Å². The SMILES string of the molecule is CCc1nnc(CNC(=O)[C@H]2CCOC2)o1. The fourth-order valence-electron chi connectivity index (χ4n) is 1.55. The minimum Gasteiger partial charge on any atom is -0.423 e. The van der Waals surface area contributed by atoms with Crippen LogP contribution in [0.15, 0.2) is 4.42 Å². The molecule has 6 heteroatoms. The lowest BCUT2D eigenvalue weighted by atomic mass is 10.1. The van der Waals surface area contributed by atoms with Gasteiger partial charge in [0.25, 0.3) is 0 Å². The van der Waals surface area contributed by atoms with Crippen molar-refractivity contribution in [2.45, 2.75) is 26.3 Å². The van der Waals surface area contributed by atoms with Crippen molar-refractivity contribution in [1.82, 2.24) is 15.5 Å². The first kappa shape index (κ1) is 11.1. The molecule has 6 nitrogen and oxygen atoms in total. The van der Waals surface area contributed by atoms with E-state index in [2.05, 4.69) is 15.5 Å². The van der Waals surface area contributed by atoms with E-state index in [1.54, 1.807) is 0 Å². The number of nitrogens with one attached hydrogen (secondary N) is 1. The van der Waals surface area contributed by atoms with E-state index >= 15 is 0 Å². The van der Waals surface area contributed by atoms with Crippen LogP contribution in [0.4, 0.5) is 0 Å². The molecule has 2 rings (SSSR count). The maximum Gasteiger partial charge on any atom is 0.235 e. The minimum atomic E-state index is -0.0337. The molecular formula is C10H15N3O3. The molecule has 0 aromatic carbocycles. The Labute approximate surface area is 93.4 Å². The molecule has 2 heterocycles. The molecule has 1 saturated heterocycles. The fraction of sp³-hybridized carbons (Fsp3) is 0.700. The molecule has 88 valence electrons. The van der Waals surface area contributed by atoms with Crippen molar-refractivity contribution in [2.24, 2.45) is 5.92 Å². The molecule has 1 amide bonds. The summed E-state index contributed by atoms with van der Waals surface area (Å²) < 4.78 is 10.4. The zero-order valence-corrected chi connectivity index (χ0v) is 9.23. The second-order valence-corrected chi connectivity index (χ2v) is 3.72. The molecule has 1 N–H and O–H groups in total. The largest absolute Gasteiger partial charge is 0.423 e. The number of aryl methyl sites for hydroxylation is 1. The molecular weight excluding hydrogens is 210 g/mol. The second-order valence-electron chi connectivity index (χ2n) is 3.72. The van der Waals surface area contributed by atoms with E-state index in [1.165, 1.54) is 0 Å². The van der Waals surface area contributed by atoms with E-state index in [0.29, 0.717) is 38.0 Å². The zero-order valence-electron chi connectivity index (χ0n) is 9.23. The molecule has 1 aromatic rings. The van der Waals surface area contributed by atoms with Crippen molar-refractivity contribution in [3.63, 3.8) is 0 Å². The van der Waals surface area contributed by atoms with Gasteiger partial charge in [-0.05, 0) is 6.42 Å². The van der Waals surface area contributed by atoms with Crippen LogP contribution in [0, 0.1) is 5.92 Å². The van der Waals surface area contributed by atoms with Crippen LogP contribution in [0.5, 0.6) is 0 Å². The van der Waals surface area contributed by atoms with Crippen molar-refractivity contribution in [3.05, 3.63) is 11.8 Å². The zero-order chi connectivity index (χ0) is 11.4. The van der Waals surface area contributed by atoms with E-state index in [-0.39, 0.29) is 11.8 Å². The molecule has 1 atom stereocenters. The predicted molar refractivity (Wildman–Crippen MR) is 54.4 cm³/mol. The monoisotopic (exact) mass is 225 g/mol. The van der Waals surface area contributed by atoms with Gasteiger partial charge in [-0.3, -0.25) is 4.79 Å². The molecule has 0 saturated carbocycles. The maximum absolute atomic E-state index is 11.6. The number of hydrogen-bond acceptors (Lipinski definition) is 5. The third kappa shape index (κ3) is 2.57. The number of nitrogens with zero attached hydrogens (tertiary/aromatic N) is 2. The Bertz CT molecular complexity index is 358. The van der Waals surface area contributed by atoms with Gasteiger partial charge in [0.1, 0.15) is 0 Å². The number of hydrogen-bond donors (Lipinski definition) is 1. The highest BCUT2D eigenvalue weighted by atomic mass is 16.5. The van der Waals surface area contributed by atoms with Crippen molar-refractivity contribution in [3.8, 4) is 0 Å². The third-order valence-electron chi connectivity index (χ3n) is 2.53. The minimum absolute atomic E-state index is 0.00579. The van der Waals surface area contributed by atoms with Crippen LogP contribution in [0.1, 0.15) is 25.1 Å². The lowest BCUT2D eigenvalue weighted by Crippen LogP contribution is -2.30. The van der Waals surface area contributed by atoms with Gasteiger partial charge in [-0.1, -0.05) is 6.92 Å². The Morgan fingerprint density at radius 3 is 2.94 bits per heavy atom. The highest BCUT2D eigenvalue weighted by Gasteiger charge is 2.23. The molecule has 0 bridgehead atoms. The van der Waals surface area contributed by atoms with Gasteiger partial charge >= 0.3 is 0 Å². The fourth-order valence-corrected chi connectivity index (χ4v) is 1.55. The van der Waals surface area contributed by atoms with Crippen LogP contribution in [0.3, 0.4) is 0 Å². The number of ether oxygens (including phenoxy) is 1. The first-order chi connectivity index (χ1) is 7.79. The number of carbonyl (C=O) groups excluding carboxylic acids is 1. The first-order valence-corrected chi connectivity index (χ1v) is 5.46. The summed E-state index contributed by atoms with van der Waals surface area (Å²) in [6, 6.07) is 0. The summed E-state index contributed by atoms with van der Waals surface area (Å²) in [5.74, 6) is 1.000. The molecule has 0 aliphatic carbocycles. The average Bonchev–Trinajstić information content (AvgIpc) is 2.96. The van der Waals surface area contributed by atoms with Gasteiger partial charge in [0.15, 0.2) is 0 Å². The summed E-state index contributed by atoms with van der Waals surface area (Å²) in [5, 5.41) is 10.4. The average molecular weight is 225 g/mol. The molecule has 0 spiro atoms. The molecule has 16 heavy (non-hydrogen) atoms. The van der Waals surface area contributed by atoms with Crippen LogP contribution in [0.2, 0.25) is 0 Å². The van der Waals surface area contributed by atoms with E-state index < -0.39 is 0 Å². The lowest BCUT2D eigenvalue weighted by molar-refractivity contribution is -0.125. The van der Waals surface area contributed by atoms with Gasteiger partial charge in [0, 0.05) is 13.0 Å². The van der Waals surface area contributed by atoms with Crippen molar-refractivity contribution in [1.29, 1.82) is 0 Å². The Morgan fingerprint density at radius 1 is 1.50 bits per heavy atom. The van der Waals surface area contributed by atoms with Gasteiger partial charge in [-0.2, -0.15) is 0 Å². The van der Waals surface area contributed by atoms with Crippen LogP contribution in [-0.4, -0.2) is 29.3 Å². The third-order valence-corrected chi connectivity index (χ3v) is 2.53. The van der Waals surface area contributed by atoms with E-state index in [9.17, 15) is 4.79 Å². The summed E-state index contributed by atoms with van der Waals surface area (Å²) in [6.07, 6.45) is 1.49. The molecule has 1 fully saturated rings. The molecule has 0 radical (unpaired) electrons. The quantitative estimate of drug-likeness (QED) is 0.796. The van der Waals surface area contributed by atoms with Gasteiger partial charge in [0.05, 0.1) is 19.1 Å². The van der Waals surface area contributed by atoms with E-state index in [4.69, 9.17) is 9.15 Å². The Hall–Kier alpha value is -1.43. The molecule has 0 unspecified atom stereocenters. The first-order valence-electron chi connectivity index (χ1n) is 5.46.